The fourth-order valence-corrected chi connectivity index (χ4v) is 4.01. The number of carbonyl (C=O) groups is 1. The summed E-state index contributed by atoms with van der Waals surface area (Å²) in [6.07, 6.45) is -2.34. The Bertz CT molecular complexity index is 1010. The van der Waals surface area contributed by atoms with Gasteiger partial charge in [-0.1, -0.05) is 35.7 Å². The summed E-state index contributed by atoms with van der Waals surface area (Å²) in [6, 6.07) is 6.09. The number of benzene rings is 1. The molecule has 0 aliphatic carbocycles. The van der Waals surface area contributed by atoms with Gasteiger partial charge in [0.15, 0.2) is 0 Å². The lowest BCUT2D eigenvalue weighted by Crippen LogP contribution is -2.17. The maximum absolute atomic E-state index is 12.7. The normalized spacial score (nSPS) is 15.8. The van der Waals surface area contributed by atoms with Crippen LogP contribution >= 0.6 is 35.7 Å². The molecule has 3 rings (SSSR count). The first-order valence-electron chi connectivity index (χ1n) is 7.38. The van der Waals surface area contributed by atoms with Crippen LogP contribution in [0, 0.1) is 10.1 Å². The number of halogens is 3. The number of nitrogens with zero attached hydrogens (tertiary/aromatic N) is 2. The smallest absolute Gasteiger partial charge is 0.307 e. The highest BCUT2D eigenvalue weighted by molar-refractivity contribution is 8.26. The van der Waals surface area contributed by atoms with Crippen molar-refractivity contribution >= 4 is 57.7 Å². The third-order valence-electron chi connectivity index (χ3n) is 3.41. The van der Waals surface area contributed by atoms with Crippen LogP contribution in [0.2, 0.25) is 0 Å². The molecule has 0 unspecified atom stereocenters. The van der Waals surface area contributed by atoms with Crippen LogP contribution in [-0.4, -0.2) is 20.1 Å². The van der Waals surface area contributed by atoms with Crippen LogP contribution in [0.15, 0.2) is 51.4 Å². The molecule has 1 aliphatic rings. The van der Waals surface area contributed by atoms with Gasteiger partial charge in [-0.2, -0.15) is 13.2 Å². The second-order valence-corrected chi connectivity index (χ2v) is 8.10. The summed E-state index contributed by atoms with van der Waals surface area (Å²) in [4.78, 5) is 26.9. The lowest BCUT2D eigenvalue weighted by molar-refractivity contribution is -0.384. The first-order chi connectivity index (χ1) is 13.1. The Kier molecular flexibility index (Phi) is 5.72. The number of non-ortho nitro benzene ring substituents is 1. The topological polar surface area (TPSA) is 85.1 Å². The van der Waals surface area contributed by atoms with Crippen LogP contribution in [-0.2, 0) is 11.0 Å². The van der Waals surface area contributed by atoms with Crippen LogP contribution in [0.25, 0.3) is 6.08 Å². The Hall–Kier alpha value is -2.44. The molecule has 6 nitrogen and oxygen atoms in total. The van der Waals surface area contributed by atoms with E-state index in [4.69, 9.17) is 12.2 Å². The lowest BCUT2D eigenvalue weighted by atomic mass is 10.2. The van der Waals surface area contributed by atoms with Gasteiger partial charge in [0.2, 0.25) is 0 Å². The zero-order valence-electron chi connectivity index (χ0n) is 13.5. The molecular weight excluding hydrogens is 435 g/mol. The van der Waals surface area contributed by atoms with Crippen molar-refractivity contribution in [2.24, 2.45) is 0 Å². The van der Waals surface area contributed by atoms with Crippen LogP contribution in [0.3, 0.4) is 0 Å². The quantitative estimate of drug-likeness (QED) is 0.319. The van der Waals surface area contributed by atoms with Crippen LogP contribution in [0.5, 0.6) is 0 Å². The first kappa shape index (κ1) is 20.3. The van der Waals surface area contributed by atoms with Gasteiger partial charge in [0, 0.05) is 23.2 Å². The molecule has 2 heterocycles. The molecule has 1 aromatic heterocycles. The Labute approximate surface area is 169 Å². The number of thiocarbonyl (C=S) groups is 1. The van der Waals surface area contributed by atoms with E-state index in [1.807, 2.05) is 0 Å². The van der Waals surface area contributed by atoms with Crippen LogP contribution < -0.4 is 5.32 Å². The Morgan fingerprint density at radius 3 is 2.57 bits per heavy atom. The SMILES string of the molecule is O=C1NC(=S)S/C1=C\c1cc([N+](=O)[O-])ccc1Sc1ccc(C(F)(F)F)cn1. The number of aromatic nitrogens is 1. The van der Waals surface area contributed by atoms with Crippen molar-refractivity contribution in [2.75, 3.05) is 0 Å². The van der Waals surface area contributed by atoms with Gasteiger partial charge < -0.3 is 5.32 Å². The summed E-state index contributed by atoms with van der Waals surface area (Å²) < 4.78 is 38.2. The first-order valence-corrected chi connectivity index (χ1v) is 9.42. The predicted octanol–water partition coefficient (Wildman–Crippen LogP) is 4.65. The molecule has 1 fully saturated rings. The highest BCUT2D eigenvalue weighted by Crippen LogP contribution is 2.36. The van der Waals surface area contributed by atoms with Gasteiger partial charge in [0.25, 0.3) is 11.6 Å². The van der Waals surface area contributed by atoms with E-state index in [9.17, 15) is 28.1 Å². The van der Waals surface area contributed by atoms with Gasteiger partial charge in [-0.15, -0.1) is 0 Å². The molecule has 0 atom stereocenters. The van der Waals surface area contributed by atoms with Crippen molar-refractivity contribution in [3.63, 3.8) is 0 Å². The molecule has 1 N–H and O–H groups in total. The van der Waals surface area contributed by atoms with Crippen LogP contribution in [0.1, 0.15) is 11.1 Å². The van der Waals surface area contributed by atoms with Gasteiger partial charge in [-0.05, 0) is 29.8 Å². The highest BCUT2D eigenvalue weighted by Gasteiger charge is 2.30. The van der Waals surface area contributed by atoms with E-state index >= 15 is 0 Å². The highest BCUT2D eigenvalue weighted by atomic mass is 32.2. The number of hydrogen-bond acceptors (Lipinski definition) is 7. The Morgan fingerprint density at radius 1 is 1.29 bits per heavy atom. The number of rotatable bonds is 4. The molecule has 1 aromatic carbocycles. The third kappa shape index (κ3) is 4.69. The summed E-state index contributed by atoms with van der Waals surface area (Å²) in [6.45, 7) is 0. The number of nitrogens with one attached hydrogen (secondary N) is 1. The van der Waals surface area contributed by atoms with E-state index in [0.717, 1.165) is 29.6 Å². The molecule has 2 aromatic rings. The minimum absolute atomic E-state index is 0.192. The second-order valence-electron chi connectivity index (χ2n) is 5.32. The Morgan fingerprint density at radius 2 is 2.04 bits per heavy atom. The molecule has 1 saturated heterocycles. The van der Waals surface area contributed by atoms with Crippen molar-refractivity contribution in [1.82, 2.24) is 10.3 Å². The summed E-state index contributed by atoms with van der Waals surface area (Å²) in [5, 5.41) is 13.8. The molecule has 0 bridgehead atoms. The van der Waals surface area contributed by atoms with Gasteiger partial charge in [-0.3, -0.25) is 14.9 Å². The van der Waals surface area contributed by atoms with Crippen molar-refractivity contribution in [1.29, 1.82) is 0 Å². The molecule has 1 amide bonds. The summed E-state index contributed by atoms with van der Waals surface area (Å²) in [5.74, 6) is -0.426. The van der Waals surface area contributed by atoms with Crippen molar-refractivity contribution in [3.05, 3.63) is 62.7 Å². The molecule has 12 heteroatoms. The largest absolute Gasteiger partial charge is 0.417 e. The minimum atomic E-state index is -4.50. The number of alkyl halides is 3. The zero-order valence-corrected chi connectivity index (χ0v) is 16.0. The molecule has 1 aliphatic heterocycles. The van der Waals surface area contributed by atoms with Gasteiger partial charge in [0.1, 0.15) is 9.35 Å². The van der Waals surface area contributed by atoms with Crippen LogP contribution in [0.4, 0.5) is 18.9 Å². The molecule has 0 spiro atoms. The average molecular weight is 443 g/mol. The number of thioether (sulfide) groups is 1. The zero-order chi connectivity index (χ0) is 20.5. The van der Waals surface area contributed by atoms with Crippen molar-refractivity contribution in [2.45, 2.75) is 16.1 Å². The fraction of sp³-hybridized carbons (Fsp3) is 0.0625. The number of nitro benzene ring substituents is 1. The lowest BCUT2D eigenvalue weighted by Gasteiger charge is -2.08. The van der Waals surface area contributed by atoms with Gasteiger partial charge in [-0.25, -0.2) is 4.98 Å². The summed E-state index contributed by atoms with van der Waals surface area (Å²) in [5.41, 5.74) is -0.721. The number of amides is 1. The fourth-order valence-electron chi connectivity index (χ4n) is 2.14. The van der Waals surface area contributed by atoms with E-state index in [1.165, 1.54) is 30.3 Å². The van der Waals surface area contributed by atoms with E-state index in [-0.39, 0.29) is 19.9 Å². The summed E-state index contributed by atoms with van der Waals surface area (Å²) in [7, 11) is 0. The molecule has 0 saturated carbocycles. The number of nitro groups is 1. The van der Waals surface area contributed by atoms with Crippen molar-refractivity contribution in [3.8, 4) is 0 Å². The van der Waals surface area contributed by atoms with E-state index < -0.39 is 22.6 Å². The van der Waals surface area contributed by atoms with Crippen molar-refractivity contribution < 1.29 is 22.9 Å². The van der Waals surface area contributed by atoms with E-state index in [2.05, 4.69) is 10.3 Å². The van der Waals surface area contributed by atoms with Gasteiger partial charge >= 0.3 is 6.18 Å². The maximum Gasteiger partial charge on any atom is 0.417 e. The Balaban J connectivity index is 1.96. The number of hydrogen-bond donors (Lipinski definition) is 1. The predicted molar refractivity (Wildman–Crippen MR) is 103 cm³/mol. The third-order valence-corrected chi connectivity index (χ3v) is 5.62. The second kappa shape index (κ2) is 7.89. The van der Waals surface area contributed by atoms with E-state index in [0.29, 0.717) is 16.7 Å². The monoisotopic (exact) mass is 443 g/mol. The molecular formula is C16H8F3N3O3S3. The molecule has 144 valence electrons. The maximum atomic E-state index is 12.7. The standard InChI is InChI=1S/C16H8F3N3O3S3/c17-16(18,19)9-1-4-13(20-7-9)27-11-3-2-10(22(24)25)5-8(11)6-12-14(23)21-15(26)28-12/h1-7H,(H,21,23,26)/b12-6-. The number of carbonyl (C=O) groups excluding carboxylic acids is 1. The summed E-state index contributed by atoms with van der Waals surface area (Å²) >= 11 is 6.95. The molecule has 28 heavy (non-hydrogen) atoms. The molecule has 0 radical (unpaired) electrons. The van der Waals surface area contributed by atoms with Gasteiger partial charge in [0.05, 0.1) is 15.4 Å². The average Bonchev–Trinajstić information content (AvgIpc) is 2.93. The number of pyridine rings is 1. The minimum Gasteiger partial charge on any atom is -0.307 e. The van der Waals surface area contributed by atoms with E-state index in [1.54, 1.807) is 0 Å².